The van der Waals surface area contributed by atoms with Crippen molar-refractivity contribution in [3.05, 3.63) is 59.1 Å². The molecule has 0 spiro atoms. The number of carbonyl (C=O) groups excluding carboxylic acids is 1. The highest BCUT2D eigenvalue weighted by Gasteiger charge is 2.38. The van der Waals surface area contributed by atoms with E-state index in [-0.39, 0.29) is 42.8 Å². The number of aromatic amines is 1. The molecule has 4 N–H and O–H groups in total. The SMILES string of the molecule is CC(C)OC(=O)CNP(OCC1CC(F)C(n2cnc3c(=O)[nH]c(N)nc32)O1)Oc1ccc2ccccc2c1. The molecule has 1 saturated heterocycles. The van der Waals surface area contributed by atoms with Gasteiger partial charge in [-0.2, -0.15) is 4.98 Å². The summed E-state index contributed by atoms with van der Waals surface area (Å²) in [5.41, 5.74) is 5.28. The standard InChI is InChI=1S/C25H28FN6O6P/c1-14(2)36-20(33)11-29-39(38-17-8-7-15-5-3-4-6-16(15)9-17)35-12-18-10-19(26)24(37-18)32-13-28-21-22(32)30-25(27)31-23(21)34/h3-9,13-14,18-19,24,29H,10-12H2,1-2H3,(H3,27,30,31,34). The number of rotatable bonds is 10. The normalized spacial score (nSPS) is 20.1. The molecule has 12 nitrogen and oxygen atoms in total. The van der Waals surface area contributed by atoms with Crippen LogP contribution in [0.3, 0.4) is 0 Å². The molecule has 39 heavy (non-hydrogen) atoms. The van der Waals surface area contributed by atoms with Gasteiger partial charge in [0.15, 0.2) is 17.4 Å². The Morgan fingerprint density at radius 2 is 2.10 bits per heavy atom. The monoisotopic (exact) mass is 558 g/mol. The van der Waals surface area contributed by atoms with Gasteiger partial charge in [-0.25, -0.2) is 14.5 Å². The van der Waals surface area contributed by atoms with Crippen LogP contribution in [0.4, 0.5) is 10.3 Å². The van der Waals surface area contributed by atoms with Crippen molar-refractivity contribution >= 4 is 42.4 Å². The van der Waals surface area contributed by atoms with Crippen LogP contribution in [0.25, 0.3) is 21.9 Å². The number of nitrogens with zero attached hydrogens (tertiary/aromatic N) is 3. The molecular weight excluding hydrogens is 530 g/mol. The number of halogens is 1. The molecule has 0 amide bonds. The van der Waals surface area contributed by atoms with E-state index in [1.807, 2.05) is 36.4 Å². The number of esters is 1. The molecule has 0 bridgehead atoms. The first-order valence-corrected chi connectivity index (χ1v) is 13.5. The van der Waals surface area contributed by atoms with E-state index in [4.69, 9.17) is 24.3 Å². The number of fused-ring (bicyclic) bond motifs is 2. The van der Waals surface area contributed by atoms with Gasteiger partial charge in [-0.1, -0.05) is 30.3 Å². The minimum atomic E-state index is -1.82. The van der Waals surface area contributed by atoms with E-state index >= 15 is 4.39 Å². The lowest BCUT2D eigenvalue weighted by Crippen LogP contribution is -2.26. The van der Waals surface area contributed by atoms with Crippen molar-refractivity contribution in [1.29, 1.82) is 0 Å². The highest BCUT2D eigenvalue weighted by molar-refractivity contribution is 7.45. The van der Waals surface area contributed by atoms with Crippen LogP contribution < -0.4 is 20.9 Å². The van der Waals surface area contributed by atoms with Gasteiger partial charge in [-0.15, -0.1) is 0 Å². The van der Waals surface area contributed by atoms with Crippen molar-refractivity contribution < 1.29 is 27.7 Å². The predicted molar refractivity (Wildman–Crippen MR) is 143 cm³/mol. The van der Waals surface area contributed by atoms with Crippen LogP contribution in [0.2, 0.25) is 0 Å². The first-order valence-electron chi connectivity index (χ1n) is 12.3. The lowest BCUT2D eigenvalue weighted by molar-refractivity contribution is -0.145. The van der Waals surface area contributed by atoms with Crippen molar-refractivity contribution in [2.75, 3.05) is 18.9 Å². The van der Waals surface area contributed by atoms with Gasteiger partial charge in [0.2, 0.25) is 5.95 Å². The second kappa shape index (κ2) is 11.6. The average molecular weight is 559 g/mol. The Balaban J connectivity index is 1.27. The van der Waals surface area contributed by atoms with Crippen molar-refractivity contribution in [1.82, 2.24) is 24.6 Å². The molecule has 2 aromatic heterocycles. The van der Waals surface area contributed by atoms with Gasteiger partial charge in [0.05, 0.1) is 25.1 Å². The quantitative estimate of drug-likeness (QED) is 0.195. The van der Waals surface area contributed by atoms with E-state index < -0.39 is 38.6 Å². The van der Waals surface area contributed by atoms with Gasteiger partial charge in [0.1, 0.15) is 18.5 Å². The number of nitrogens with one attached hydrogen (secondary N) is 2. The zero-order valence-corrected chi connectivity index (χ0v) is 22.1. The summed E-state index contributed by atoms with van der Waals surface area (Å²) in [5.74, 6) is -0.0315. The van der Waals surface area contributed by atoms with Gasteiger partial charge in [-0.05, 0) is 36.8 Å². The van der Waals surface area contributed by atoms with Crippen LogP contribution in [0.15, 0.2) is 53.6 Å². The zero-order chi connectivity index (χ0) is 27.5. The fourth-order valence-corrected chi connectivity index (χ4v) is 5.26. The summed E-state index contributed by atoms with van der Waals surface area (Å²) >= 11 is 0. The number of hydrogen-bond donors (Lipinski definition) is 3. The minimum absolute atomic E-state index is 0.0226. The van der Waals surface area contributed by atoms with Gasteiger partial charge in [-0.3, -0.25) is 19.1 Å². The molecule has 4 atom stereocenters. The average Bonchev–Trinajstić information content (AvgIpc) is 3.48. The zero-order valence-electron chi connectivity index (χ0n) is 21.2. The summed E-state index contributed by atoms with van der Waals surface area (Å²) in [6.07, 6.45) is -2.07. The highest BCUT2D eigenvalue weighted by Crippen LogP contribution is 2.39. The smallest absolute Gasteiger partial charge is 0.320 e. The summed E-state index contributed by atoms with van der Waals surface area (Å²) in [6, 6.07) is 13.4. The number of carbonyl (C=O) groups is 1. The molecule has 5 rings (SSSR count). The molecule has 2 aromatic carbocycles. The fraction of sp³-hybridized carbons (Fsp3) is 0.360. The minimum Gasteiger partial charge on any atom is -0.462 e. The third kappa shape index (κ3) is 6.34. The van der Waals surface area contributed by atoms with Crippen molar-refractivity contribution in [3.8, 4) is 5.75 Å². The lowest BCUT2D eigenvalue weighted by Gasteiger charge is -2.21. The van der Waals surface area contributed by atoms with E-state index in [0.29, 0.717) is 5.75 Å². The number of imidazole rings is 1. The van der Waals surface area contributed by atoms with E-state index in [2.05, 4.69) is 20.0 Å². The van der Waals surface area contributed by atoms with Crippen LogP contribution in [-0.2, 0) is 18.8 Å². The third-order valence-corrected chi connectivity index (χ3v) is 7.04. The number of nitrogens with two attached hydrogens (primary N) is 1. The fourth-order valence-electron chi connectivity index (χ4n) is 4.19. The molecule has 0 saturated carbocycles. The highest BCUT2D eigenvalue weighted by atomic mass is 31.2. The number of nitrogen functional groups attached to an aromatic ring is 1. The number of alkyl halides is 1. The number of benzene rings is 2. The maximum atomic E-state index is 15.0. The van der Waals surface area contributed by atoms with Crippen LogP contribution >= 0.6 is 8.53 Å². The Bertz CT molecular complexity index is 1530. The number of H-pyrrole nitrogens is 1. The van der Waals surface area contributed by atoms with Gasteiger partial charge >= 0.3 is 14.5 Å². The van der Waals surface area contributed by atoms with Crippen LogP contribution in [0.1, 0.15) is 26.5 Å². The Labute approximate surface area is 223 Å². The molecule has 0 radical (unpaired) electrons. The van der Waals surface area contributed by atoms with Crippen LogP contribution in [0, 0.1) is 0 Å². The first kappa shape index (κ1) is 26.9. The van der Waals surface area contributed by atoms with Crippen molar-refractivity contribution in [2.24, 2.45) is 0 Å². The van der Waals surface area contributed by atoms with Crippen molar-refractivity contribution in [2.45, 2.75) is 44.9 Å². The van der Waals surface area contributed by atoms with E-state index in [0.717, 1.165) is 10.8 Å². The summed E-state index contributed by atoms with van der Waals surface area (Å²) in [4.78, 5) is 34.7. The van der Waals surface area contributed by atoms with Crippen molar-refractivity contribution in [3.63, 3.8) is 0 Å². The van der Waals surface area contributed by atoms with E-state index in [1.54, 1.807) is 19.9 Å². The summed E-state index contributed by atoms with van der Waals surface area (Å²) in [5, 5.41) is 4.98. The number of ether oxygens (including phenoxy) is 2. The predicted octanol–water partition coefficient (Wildman–Crippen LogP) is 3.34. The number of hydrogen-bond acceptors (Lipinski definition) is 10. The number of aromatic nitrogens is 4. The Morgan fingerprint density at radius 1 is 1.31 bits per heavy atom. The second-order valence-electron chi connectivity index (χ2n) is 9.20. The molecule has 1 aliphatic rings. The maximum Gasteiger partial charge on any atom is 0.320 e. The Morgan fingerprint density at radius 3 is 2.90 bits per heavy atom. The Hall–Kier alpha value is -3.64. The maximum absolute atomic E-state index is 15.0. The van der Waals surface area contributed by atoms with Crippen LogP contribution in [-0.4, -0.2) is 57.0 Å². The van der Waals surface area contributed by atoms with E-state index in [1.165, 1.54) is 10.9 Å². The Kier molecular flexibility index (Phi) is 8.03. The topological polar surface area (TPSA) is 156 Å². The van der Waals surface area contributed by atoms with Gasteiger partial charge < -0.3 is 24.3 Å². The summed E-state index contributed by atoms with van der Waals surface area (Å²) < 4.78 is 39.5. The first-order chi connectivity index (χ1) is 18.8. The molecule has 1 fully saturated rings. The number of anilines is 1. The molecule has 14 heteroatoms. The molecule has 4 unspecified atom stereocenters. The molecule has 1 aliphatic heterocycles. The van der Waals surface area contributed by atoms with Gasteiger partial charge in [0, 0.05) is 6.42 Å². The molecule has 206 valence electrons. The summed E-state index contributed by atoms with van der Waals surface area (Å²) in [7, 11) is -1.82. The molecule has 3 heterocycles. The molecular formula is C25H28FN6O6P. The van der Waals surface area contributed by atoms with E-state index in [9.17, 15) is 9.59 Å². The lowest BCUT2D eigenvalue weighted by atomic mass is 10.1. The third-order valence-electron chi connectivity index (χ3n) is 5.86. The second-order valence-corrected chi connectivity index (χ2v) is 10.5. The van der Waals surface area contributed by atoms with Crippen LogP contribution in [0.5, 0.6) is 5.75 Å². The van der Waals surface area contributed by atoms with Gasteiger partial charge in [0.25, 0.3) is 5.56 Å². The molecule has 4 aromatic rings. The molecule has 0 aliphatic carbocycles. The largest absolute Gasteiger partial charge is 0.462 e. The summed E-state index contributed by atoms with van der Waals surface area (Å²) in [6.45, 7) is 3.35.